The second-order valence-electron chi connectivity index (χ2n) is 8.50. The number of hydrogen-bond donors (Lipinski definition) is 1. The molecule has 1 N–H and O–H groups in total. The van der Waals surface area contributed by atoms with Crippen LogP contribution in [0.5, 0.6) is 11.5 Å². The van der Waals surface area contributed by atoms with Gasteiger partial charge < -0.3 is 19.9 Å². The van der Waals surface area contributed by atoms with Crippen molar-refractivity contribution >= 4 is 23.3 Å². The van der Waals surface area contributed by atoms with Gasteiger partial charge in [0, 0.05) is 37.8 Å². The zero-order chi connectivity index (χ0) is 24.8. The third-order valence-corrected chi connectivity index (χ3v) is 5.64. The number of benzene rings is 2. The van der Waals surface area contributed by atoms with Crippen LogP contribution in [-0.2, 0) is 4.79 Å². The van der Waals surface area contributed by atoms with Crippen molar-refractivity contribution in [2.75, 3.05) is 36.4 Å². The Morgan fingerprint density at radius 1 is 0.971 bits per heavy atom. The van der Waals surface area contributed by atoms with E-state index in [-0.39, 0.29) is 17.7 Å². The summed E-state index contributed by atoms with van der Waals surface area (Å²) in [5.41, 5.74) is 0.926. The molecule has 0 spiro atoms. The zero-order valence-electron chi connectivity index (χ0n) is 20.0. The van der Waals surface area contributed by atoms with Crippen LogP contribution in [0.3, 0.4) is 0 Å². The van der Waals surface area contributed by atoms with Gasteiger partial charge in [-0.05, 0) is 56.3 Å². The molecule has 1 amide bonds. The maximum absolute atomic E-state index is 13.7. The van der Waals surface area contributed by atoms with Gasteiger partial charge in [-0.2, -0.15) is 0 Å². The largest absolute Gasteiger partial charge is 0.457 e. The molecule has 4 rings (SSSR count). The highest BCUT2D eigenvalue weighted by Crippen LogP contribution is 2.29. The second kappa shape index (κ2) is 10.8. The van der Waals surface area contributed by atoms with Gasteiger partial charge >= 0.3 is 0 Å². The van der Waals surface area contributed by atoms with E-state index in [2.05, 4.69) is 21.9 Å². The molecule has 180 valence electrons. The van der Waals surface area contributed by atoms with Gasteiger partial charge in [0.2, 0.25) is 5.91 Å². The maximum Gasteiger partial charge on any atom is 0.246 e. The number of carbonyl (C=O) groups is 2. The molecule has 0 radical (unpaired) electrons. The minimum Gasteiger partial charge on any atom is -0.457 e. The summed E-state index contributed by atoms with van der Waals surface area (Å²) in [7, 11) is 0. The minimum absolute atomic E-state index is 0.0769. The average Bonchev–Trinajstić information content (AvgIpc) is 2.88. The van der Waals surface area contributed by atoms with Gasteiger partial charge in [-0.3, -0.25) is 9.59 Å². The number of para-hydroxylation sites is 1. The van der Waals surface area contributed by atoms with E-state index in [4.69, 9.17) is 4.74 Å². The predicted molar refractivity (Wildman–Crippen MR) is 136 cm³/mol. The fourth-order valence-corrected chi connectivity index (χ4v) is 3.92. The molecular formula is C27H29N5O3. The van der Waals surface area contributed by atoms with Crippen molar-refractivity contribution in [1.29, 1.82) is 0 Å². The molecule has 2 heterocycles. The highest BCUT2D eigenvalue weighted by molar-refractivity contribution is 6.15. The van der Waals surface area contributed by atoms with E-state index in [1.165, 1.54) is 12.4 Å². The summed E-state index contributed by atoms with van der Waals surface area (Å²) in [6.45, 7) is 9.72. The average molecular weight is 472 g/mol. The first kappa shape index (κ1) is 23.9. The number of aromatic nitrogens is 2. The Morgan fingerprint density at radius 2 is 1.63 bits per heavy atom. The number of ether oxygens (including phenoxy) is 1. The van der Waals surface area contributed by atoms with E-state index in [9.17, 15) is 9.59 Å². The summed E-state index contributed by atoms with van der Waals surface area (Å²) in [6.07, 6.45) is 2.79. The standard InChI is InChI=1S/C27H29N5O3/c1-4-23(33)31-14-16-32(17-15-31)27-24(26(28-18-29-27)30-19(2)3)25(34)20-10-12-22(13-11-20)35-21-8-6-5-7-9-21/h4-13,18-19H,1,14-17H2,2-3H3,(H,28,29,30). The van der Waals surface area contributed by atoms with Crippen LogP contribution in [0.1, 0.15) is 29.8 Å². The summed E-state index contributed by atoms with van der Waals surface area (Å²) < 4.78 is 5.86. The van der Waals surface area contributed by atoms with E-state index in [0.717, 1.165) is 5.75 Å². The molecule has 0 saturated carbocycles. The molecule has 0 aliphatic carbocycles. The Kier molecular flexibility index (Phi) is 7.40. The Hall–Kier alpha value is -4.20. The molecule has 1 saturated heterocycles. The first-order chi connectivity index (χ1) is 17.0. The van der Waals surface area contributed by atoms with E-state index in [1.54, 1.807) is 29.2 Å². The Bertz CT molecular complexity index is 1190. The first-order valence-corrected chi connectivity index (χ1v) is 11.6. The number of carbonyl (C=O) groups excluding carboxylic acids is 2. The molecule has 8 heteroatoms. The summed E-state index contributed by atoms with van der Waals surface area (Å²) in [5, 5.41) is 3.28. The van der Waals surface area contributed by atoms with E-state index >= 15 is 0 Å². The number of nitrogens with zero attached hydrogens (tertiary/aromatic N) is 4. The maximum atomic E-state index is 13.7. The van der Waals surface area contributed by atoms with Crippen molar-refractivity contribution in [2.45, 2.75) is 19.9 Å². The number of ketones is 1. The molecule has 35 heavy (non-hydrogen) atoms. The number of hydrogen-bond acceptors (Lipinski definition) is 7. The van der Waals surface area contributed by atoms with Crippen LogP contribution in [-0.4, -0.2) is 58.8 Å². The molecule has 1 aliphatic rings. The lowest BCUT2D eigenvalue weighted by atomic mass is 10.0. The quantitative estimate of drug-likeness (QED) is 0.390. The third-order valence-electron chi connectivity index (χ3n) is 5.64. The molecule has 8 nitrogen and oxygen atoms in total. The van der Waals surface area contributed by atoms with Crippen LogP contribution in [0.25, 0.3) is 0 Å². The normalized spacial score (nSPS) is 13.5. The number of nitrogens with one attached hydrogen (secondary N) is 1. The Labute approximate surface area is 205 Å². The molecule has 0 atom stereocenters. The van der Waals surface area contributed by atoms with Gasteiger partial charge in [-0.1, -0.05) is 24.8 Å². The van der Waals surface area contributed by atoms with Crippen molar-refractivity contribution in [3.63, 3.8) is 0 Å². The highest BCUT2D eigenvalue weighted by Gasteiger charge is 2.28. The fourth-order valence-electron chi connectivity index (χ4n) is 3.92. The lowest BCUT2D eigenvalue weighted by molar-refractivity contribution is -0.126. The predicted octanol–water partition coefficient (Wildman–Crippen LogP) is 4.15. The Balaban J connectivity index is 1.61. The summed E-state index contributed by atoms with van der Waals surface area (Å²) in [6, 6.07) is 16.6. The van der Waals surface area contributed by atoms with Gasteiger partial charge in [-0.15, -0.1) is 0 Å². The van der Waals surface area contributed by atoms with Gasteiger partial charge in [0.15, 0.2) is 5.78 Å². The van der Waals surface area contributed by atoms with Crippen LogP contribution in [0.15, 0.2) is 73.6 Å². The van der Waals surface area contributed by atoms with Crippen LogP contribution in [0.4, 0.5) is 11.6 Å². The molecule has 0 unspecified atom stereocenters. The summed E-state index contributed by atoms with van der Waals surface area (Å²) in [5.74, 6) is 2.14. The SMILES string of the molecule is C=CC(=O)N1CCN(c2ncnc(NC(C)C)c2C(=O)c2ccc(Oc3ccccc3)cc2)CC1. The summed E-state index contributed by atoms with van der Waals surface area (Å²) in [4.78, 5) is 38.3. The number of anilines is 2. The lowest BCUT2D eigenvalue weighted by Crippen LogP contribution is -2.49. The topological polar surface area (TPSA) is 87.7 Å². The number of amides is 1. The first-order valence-electron chi connectivity index (χ1n) is 11.6. The van der Waals surface area contributed by atoms with Crippen molar-refractivity contribution in [3.05, 3.63) is 84.7 Å². The fraction of sp³-hybridized carbons (Fsp3) is 0.259. The van der Waals surface area contributed by atoms with Crippen molar-refractivity contribution < 1.29 is 14.3 Å². The molecule has 1 aliphatic heterocycles. The molecule has 0 bridgehead atoms. The third kappa shape index (κ3) is 5.66. The van der Waals surface area contributed by atoms with Crippen molar-refractivity contribution in [3.8, 4) is 11.5 Å². The number of piperazine rings is 1. The van der Waals surface area contributed by atoms with Gasteiger partial charge in [0.05, 0.1) is 0 Å². The molecule has 1 fully saturated rings. The summed E-state index contributed by atoms with van der Waals surface area (Å²) >= 11 is 0. The van der Waals surface area contributed by atoms with E-state index < -0.39 is 0 Å². The smallest absolute Gasteiger partial charge is 0.246 e. The highest BCUT2D eigenvalue weighted by atomic mass is 16.5. The van der Waals surface area contributed by atoms with Crippen LogP contribution >= 0.6 is 0 Å². The molecule has 3 aromatic rings. The van der Waals surface area contributed by atoms with Gasteiger partial charge in [-0.25, -0.2) is 9.97 Å². The zero-order valence-corrected chi connectivity index (χ0v) is 20.0. The van der Waals surface area contributed by atoms with E-state index in [1.807, 2.05) is 49.1 Å². The molecule has 2 aromatic carbocycles. The van der Waals surface area contributed by atoms with Crippen LogP contribution in [0.2, 0.25) is 0 Å². The number of rotatable bonds is 8. The van der Waals surface area contributed by atoms with Crippen molar-refractivity contribution in [1.82, 2.24) is 14.9 Å². The Morgan fingerprint density at radius 3 is 2.26 bits per heavy atom. The molecule has 1 aromatic heterocycles. The second-order valence-corrected chi connectivity index (χ2v) is 8.50. The monoisotopic (exact) mass is 471 g/mol. The van der Waals surface area contributed by atoms with Gasteiger partial charge in [0.25, 0.3) is 0 Å². The van der Waals surface area contributed by atoms with Gasteiger partial charge in [0.1, 0.15) is 35.0 Å². The van der Waals surface area contributed by atoms with E-state index in [0.29, 0.717) is 54.7 Å². The minimum atomic E-state index is -0.181. The lowest BCUT2D eigenvalue weighted by Gasteiger charge is -2.35. The van der Waals surface area contributed by atoms with Crippen LogP contribution in [0, 0.1) is 0 Å². The molecular weight excluding hydrogens is 442 g/mol. The van der Waals surface area contributed by atoms with Crippen LogP contribution < -0.4 is 15.0 Å². The van der Waals surface area contributed by atoms with Crippen molar-refractivity contribution in [2.24, 2.45) is 0 Å².